The van der Waals surface area contributed by atoms with E-state index in [0.29, 0.717) is 17.4 Å². The van der Waals surface area contributed by atoms with E-state index in [-0.39, 0.29) is 11.0 Å². The first-order chi connectivity index (χ1) is 9.47. The molecule has 0 rings (SSSR count). The molecule has 0 amide bonds. The van der Waals surface area contributed by atoms with Crippen molar-refractivity contribution in [1.29, 1.82) is 0 Å². The number of carbonyl (C=O) groups excluding carboxylic acids is 1. The monoisotopic (exact) mass is 312 g/mol. The summed E-state index contributed by atoms with van der Waals surface area (Å²) in [6, 6.07) is 2.08. The maximum absolute atomic E-state index is 12.3. The molecule has 21 heavy (non-hydrogen) atoms. The van der Waals surface area contributed by atoms with E-state index in [4.69, 9.17) is 4.43 Å². The Balaban J connectivity index is 5.72. The van der Waals surface area contributed by atoms with Crippen LogP contribution in [0, 0.1) is 11.8 Å². The summed E-state index contributed by atoms with van der Waals surface area (Å²) < 4.78 is 6.24. The summed E-state index contributed by atoms with van der Waals surface area (Å²) in [6.07, 6.45) is 2.24. The summed E-state index contributed by atoms with van der Waals surface area (Å²) in [5.41, 5.74) is 0.520. The predicted octanol–water partition coefficient (Wildman–Crippen LogP) is 5.94. The zero-order valence-electron chi connectivity index (χ0n) is 15.5. The van der Waals surface area contributed by atoms with Crippen LogP contribution in [0.2, 0.25) is 17.1 Å². The van der Waals surface area contributed by atoms with Gasteiger partial charge < -0.3 is 4.43 Å². The lowest BCUT2D eigenvalue weighted by molar-refractivity contribution is -0.131. The van der Waals surface area contributed by atoms with Crippen molar-refractivity contribution < 1.29 is 9.22 Å². The highest BCUT2D eigenvalue weighted by Gasteiger charge is 2.51. The lowest BCUT2D eigenvalue weighted by Crippen LogP contribution is -2.51. The van der Waals surface area contributed by atoms with Crippen molar-refractivity contribution in [3.63, 3.8) is 0 Å². The fraction of sp³-hybridized carbons (Fsp3) is 0.833. The van der Waals surface area contributed by atoms with Gasteiger partial charge in [0.25, 0.3) is 8.32 Å². The Kier molecular flexibility index (Phi) is 7.94. The quantitative estimate of drug-likeness (QED) is 0.389. The molecule has 0 N–H and O–H groups in total. The minimum Gasteiger partial charge on any atom is -0.515 e. The van der Waals surface area contributed by atoms with E-state index in [1.807, 2.05) is 0 Å². The van der Waals surface area contributed by atoms with Crippen molar-refractivity contribution in [2.45, 2.75) is 85.4 Å². The second-order valence-corrected chi connectivity index (χ2v) is 12.4. The topological polar surface area (TPSA) is 26.3 Å². The van der Waals surface area contributed by atoms with Crippen LogP contribution in [0.3, 0.4) is 0 Å². The Morgan fingerprint density at radius 1 is 1.14 bits per heavy atom. The predicted molar refractivity (Wildman–Crippen MR) is 94.9 cm³/mol. The lowest BCUT2D eigenvalue weighted by atomic mass is 10.1. The Morgan fingerprint density at radius 3 is 1.86 bits per heavy atom. The summed E-state index contributed by atoms with van der Waals surface area (Å²) in [7, 11) is -2.21. The van der Waals surface area contributed by atoms with E-state index in [9.17, 15) is 4.79 Å². The molecule has 0 heterocycles. The van der Waals surface area contributed by atoms with E-state index < -0.39 is 8.32 Å². The summed E-state index contributed by atoms with van der Waals surface area (Å²) in [5, 5.41) is 0.0986. The molecule has 0 radical (unpaired) electrons. The number of carbonyl (C=O) groups is 1. The van der Waals surface area contributed by atoms with Crippen LogP contribution in [-0.2, 0) is 9.22 Å². The van der Waals surface area contributed by atoms with E-state index in [0.717, 1.165) is 24.9 Å². The molecule has 0 aromatic rings. The minimum atomic E-state index is -2.21. The Bertz CT molecular complexity index is 346. The summed E-state index contributed by atoms with van der Waals surface area (Å²) in [5.74, 6) is 0.904. The highest BCUT2D eigenvalue weighted by atomic mass is 28.4. The highest BCUT2D eigenvalue weighted by Crippen LogP contribution is 2.49. The van der Waals surface area contributed by atoms with E-state index in [1.54, 1.807) is 6.92 Å². The molecule has 0 bridgehead atoms. The van der Waals surface area contributed by atoms with Gasteiger partial charge in [0.1, 0.15) is 0 Å². The van der Waals surface area contributed by atoms with Crippen LogP contribution in [0.15, 0.2) is 12.2 Å². The molecule has 0 saturated heterocycles. The number of rotatable bonds is 9. The average Bonchev–Trinajstić information content (AvgIpc) is 2.26. The third-order valence-corrected chi connectivity index (χ3v) is 10.5. The van der Waals surface area contributed by atoms with Crippen LogP contribution < -0.4 is 0 Å². The van der Waals surface area contributed by atoms with Crippen LogP contribution in [0.5, 0.6) is 0 Å². The Hall–Kier alpha value is -0.573. The van der Waals surface area contributed by atoms with Crippen LogP contribution in [0.25, 0.3) is 0 Å². The van der Waals surface area contributed by atoms with Crippen molar-refractivity contribution in [3.8, 4) is 0 Å². The van der Waals surface area contributed by atoms with Gasteiger partial charge in [0.05, 0.1) is 0 Å². The first kappa shape index (κ1) is 20.4. The molecule has 124 valence electrons. The molecule has 2 nitrogen and oxygen atoms in total. The van der Waals surface area contributed by atoms with Gasteiger partial charge in [-0.1, -0.05) is 61.5 Å². The molecule has 0 aliphatic carbocycles. The molecular formula is C18H36O2Si. The zero-order valence-corrected chi connectivity index (χ0v) is 16.5. The second-order valence-electron chi connectivity index (χ2n) is 7.99. The number of hydrogen-bond donors (Lipinski definition) is 0. The van der Waals surface area contributed by atoms with Crippen molar-refractivity contribution in [2.24, 2.45) is 11.8 Å². The Labute approximate surface area is 133 Å². The van der Waals surface area contributed by atoms with Gasteiger partial charge in [-0.2, -0.15) is 0 Å². The fourth-order valence-electron chi connectivity index (χ4n) is 3.29. The zero-order chi connectivity index (χ0) is 16.8. The molecule has 0 unspecified atom stereocenters. The molecule has 0 aromatic carbocycles. The van der Waals surface area contributed by atoms with Crippen molar-refractivity contribution in [3.05, 3.63) is 12.2 Å². The Morgan fingerprint density at radius 2 is 1.57 bits per heavy atom. The minimum absolute atomic E-state index is 0.0986. The third kappa shape index (κ3) is 5.97. The van der Waals surface area contributed by atoms with Crippen LogP contribution in [-0.4, -0.2) is 14.3 Å². The van der Waals surface area contributed by atoms with Crippen molar-refractivity contribution in [2.75, 3.05) is 0 Å². The average molecular weight is 313 g/mol. The van der Waals surface area contributed by atoms with Crippen LogP contribution in [0.4, 0.5) is 0 Å². The molecule has 0 saturated carbocycles. The van der Waals surface area contributed by atoms with Crippen molar-refractivity contribution >= 4 is 14.3 Å². The molecule has 0 fully saturated rings. The van der Waals surface area contributed by atoms with Gasteiger partial charge in [0.15, 0.2) is 0 Å². The van der Waals surface area contributed by atoms with Crippen LogP contribution in [0.1, 0.15) is 68.2 Å². The van der Waals surface area contributed by atoms with Gasteiger partial charge in [-0.25, -0.2) is 4.79 Å². The SMILES string of the molecule is C=C(C)C(=O)O[Si](CC(C)C)(CC(C)C)C(C)(C)CCC. The van der Waals surface area contributed by atoms with Gasteiger partial charge in [-0.05, 0) is 42.3 Å². The van der Waals surface area contributed by atoms with Gasteiger partial charge in [-0.15, -0.1) is 0 Å². The van der Waals surface area contributed by atoms with Gasteiger partial charge >= 0.3 is 5.97 Å². The maximum atomic E-state index is 12.3. The van der Waals surface area contributed by atoms with Crippen molar-refractivity contribution in [1.82, 2.24) is 0 Å². The molecule has 0 aliphatic heterocycles. The molecule has 0 atom stereocenters. The van der Waals surface area contributed by atoms with E-state index >= 15 is 0 Å². The smallest absolute Gasteiger partial charge is 0.319 e. The summed E-state index contributed by atoms with van der Waals surface area (Å²) in [4.78, 5) is 12.3. The summed E-state index contributed by atoms with van der Waals surface area (Å²) in [6.45, 7) is 21.3. The molecular weight excluding hydrogens is 276 g/mol. The van der Waals surface area contributed by atoms with E-state index in [1.165, 1.54) is 0 Å². The lowest BCUT2D eigenvalue weighted by Gasteiger charge is -2.46. The molecule has 0 aliphatic rings. The maximum Gasteiger partial charge on any atom is 0.319 e. The normalized spacial score (nSPS) is 12.9. The largest absolute Gasteiger partial charge is 0.515 e. The van der Waals surface area contributed by atoms with Crippen LogP contribution >= 0.6 is 0 Å². The molecule has 0 spiro atoms. The third-order valence-electron chi connectivity index (χ3n) is 4.22. The molecule has 3 heteroatoms. The highest BCUT2D eigenvalue weighted by molar-refractivity contribution is 6.78. The standard InChI is InChI=1S/C18H36O2Si/c1-10-11-18(8,9)21(12-14(2)3,13-15(4)5)20-17(19)16(6)7/h14-15H,6,10-13H2,1-5,7-9H3. The summed E-state index contributed by atoms with van der Waals surface area (Å²) >= 11 is 0. The fourth-order valence-corrected chi connectivity index (χ4v) is 8.88. The molecule has 0 aromatic heterocycles. The first-order valence-corrected chi connectivity index (χ1v) is 10.7. The number of hydrogen-bond acceptors (Lipinski definition) is 2. The first-order valence-electron chi connectivity index (χ1n) is 8.36. The van der Waals surface area contributed by atoms with E-state index in [2.05, 4.69) is 55.0 Å². The van der Waals surface area contributed by atoms with Gasteiger partial charge in [0.2, 0.25) is 0 Å². The second kappa shape index (κ2) is 8.16. The van der Waals surface area contributed by atoms with Gasteiger partial charge in [-0.3, -0.25) is 0 Å². The van der Waals surface area contributed by atoms with Gasteiger partial charge in [0, 0.05) is 5.57 Å².